The Bertz CT molecular complexity index is 856. The molecule has 98 valence electrons. The van der Waals surface area contributed by atoms with Crippen LogP contribution in [0, 0.1) is 5.82 Å². The van der Waals surface area contributed by atoms with Gasteiger partial charge in [0.2, 0.25) is 0 Å². The Labute approximate surface area is 113 Å². The van der Waals surface area contributed by atoms with E-state index in [4.69, 9.17) is 0 Å². The predicted octanol–water partition coefficient (Wildman–Crippen LogP) is 1.80. The fraction of sp³-hybridized carbons (Fsp3) is 0.0714. The highest BCUT2D eigenvalue weighted by Gasteiger charge is 2.24. The van der Waals surface area contributed by atoms with E-state index in [0.29, 0.717) is 23.4 Å². The van der Waals surface area contributed by atoms with E-state index < -0.39 is 5.82 Å². The normalized spacial score (nSPS) is 13.6. The minimum atomic E-state index is -0.511. The van der Waals surface area contributed by atoms with Crippen LogP contribution in [-0.2, 0) is 6.54 Å². The summed E-state index contributed by atoms with van der Waals surface area (Å²) in [5.41, 5.74) is 2.16. The van der Waals surface area contributed by atoms with E-state index in [1.54, 1.807) is 16.8 Å². The highest BCUT2D eigenvalue weighted by atomic mass is 19.1. The van der Waals surface area contributed by atoms with E-state index in [0.717, 1.165) is 5.39 Å². The monoisotopic (exact) mass is 268 g/mol. The molecule has 0 saturated carbocycles. The molecule has 3 heterocycles. The van der Waals surface area contributed by atoms with Gasteiger partial charge in [-0.1, -0.05) is 0 Å². The maximum absolute atomic E-state index is 14.1. The number of amides is 1. The Balaban J connectivity index is 1.96. The van der Waals surface area contributed by atoms with Gasteiger partial charge in [-0.05, 0) is 23.8 Å². The number of halogens is 1. The Morgan fingerprint density at radius 1 is 1.35 bits per heavy atom. The summed E-state index contributed by atoms with van der Waals surface area (Å²) in [7, 11) is 0. The van der Waals surface area contributed by atoms with E-state index >= 15 is 0 Å². The fourth-order valence-electron chi connectivity index (χ4n) is 2.53. The number of benzene rings is 1. The van der Waals surface area contributed by atoms with Crippen LogP contribution in [-0.4, -0.2) is 20.4 Å². The van der Waals surface area contributed by atoms with Gasteiger partial charge in [-0.2, -0.15) is 0 Å². The summed E-state index contributed by atoms with van der Waals surface area (Å²) < 4.78 is 15.9. The van der Waals surface area contributed by atoms with Crippen LogP contribution in [0.5, 0.6) is 0 Å². The van der Waals surface area contributed by atoms with Gasteiger partial charge in [0.15, 0.2) is 0 Å². The zero-order valence-corrected chi connectivity index (χ0v) is 10.3. The summed E-state index contributed by atoms with van der Waals surface area (Å²) >= 11 is 0. The van der Waals surface area contributed by atoms with Gasteiger partial charge in [0, 0.05) is 24.3 Å². The summed E-state index contributed by atoms with van der Waals surface area (Å²) in [4.78, 5) is 19.7. The topological polar surface area (TPSA) is 59.8 Å². The maximum Gasteiger partial charge on any atom is 0.254 e. The van der Waals surface area contributed by atoms with Crippen molar-refractivity contribution in [3.05, 3.63) is 53.9 Å². The predicted molar refractivity (Wildman–Crippen MR) is 70.0 cm³/mol. The molecular formula is C14H9FN4O. The third-order valence-electron chi connectivity index (χ3n) is 3.45. The molecule has 4 rings (SSSR count). The molecule has 1 aromatic carbocycles. The van der Waals surface area contributed by atoms with E-state index in [9.17, 15) is 9.18 Å². The minimum Gasteiger partial charge on any atom is -0.348 e. The number of fused-ring (bicyclic) bond motifs is 2. The second-order valence-electron chi connectivity index (χ2n) is 4.63. The quantitative estimate of drug-likeness (QED) is 0.732. The molecule has 1 amide bonds. The second kappa shape index (κ2) is 3.86. The van der Waals surface area contributed by atoms with Crippen molar-refractivity contribution in [2.45, 2.75) is 6.54 Å². The highest BCUT2D eigenvalue weighted by Crippen LogP contribution is 2.25. The van der Waals surface area contributed by atoms with Gasteiger partial charge < -0.3 is 9.88 Å². The van der Waals surface area contributed by atoms with Gasteiger partial charge in [-0.15, -0.1) is 0 Å². The summed E-state index contributed by atoms with van der Waals surface area (Å²) in [5.74, 6) is -0.868. The lowest BCUT2D eigenvalue weighted by molar-refractivity contribution is 0.0962. The molecule has 0 fully saturated rings. The number of nitrogens with one attached hydrogen (secondary N) is 1. The first-order valence-corrected chi connectivity index (χ1v) is 6.12. The molecule has 20 heavy (non-hydrogen) atoms. The van der Waals surface area contributed by atoms with Crippen LogP contribution < -0.4 is 5.32 Å². The number of nitrogens with zero attached hydrogens (tertiary/aromatic N) is 3. The van der Waals surface area contributed by atoms with Crippen LogP contribution in [0.4, 0.5) is 4.39 Å². The van der Waals surface area contributed by atoms with Crippen molar-refractivity contribution >= 4 is 16.9 Å². The smallest absolute Gasteiger partial charge is 0.254 e. The van der Waals surface area contributed by atoms with E-state index in [-0.39, 0.29) is 11.5 Å². The molecule has 0 aliphatic carbocycles. The number of carbonyl (C=O) groups is 1. The molecule has 0 bridgehead atoms. The third-order valence-corrected chi connectivity index (χ3v) is 3.45. The van der Waals surface area contributed by atoms with Crippen LogP contribution in [0.15, 0.2) is 36.9 Å². The number of carbonyl (C=O) groups excluding carboxylic acids is 1. The molecule has 0 atom stereocenters. The molecule has 0 radical (unpaired) electrons. The van der Waals surface area contributed by atoms with Crippen molar-refractivity contribution in [3.63, 3.8) is 0 Å². The molecule has 6 heteroatoms. The molecule has 2 aromatic heterocycles. The second-order valence-corrected chi connectivity index (χ2v) is 4.63. The molecule has 0 spiro atoms. The molecule has 1 aliphatic rings. The first kappa shape index (κ1) is 11.1. The SMILES string of the molecule is O=C1NCc2cc(-n3ccc4cncnc43)cc(F)c21. The molecule has 1 aliphatic heterocycles. The molecule has 0 saturated heterocycles. The van der Waals surface area contributed by atoms with Gasteiger partial charge in [0.05, 0.1) is 11.3 Å². The zero-order valence-electron chi connectivity index (χ0n) is 10.3. The van der Waals surface area contributed by atoms with Gasteiger partial charge in [-0.25, -0.2) is 14.4 Å². The van der Waals surface area contributed by atoms with Crippen LogP contribution in [0.25, 0.3) is 16.7 Å². The summed E-state index contributed by atoms with van der Waals surface area (Å²) in [6.45, 7) is 0.354. The van der Waals surface area contributed by atoms with Crippen LogP contribution in [0.1, 0.15) is 15.9 Å². The van der Waals surface area contributed by atoms with Crippen molar-refractivity contribution in [1.29, 1.82) is 0 Å². The number of rotatable bonds is 1. The molecule has 5 nitrogen and oxygen atoms in total. The fourth-order valence-corrected chi connectivity index (χ4v) is 2.53. The Morgan fingerprint density at radius 3 is 3.15 bits per heavy atom. The van der Waals surface area contributed by atoms with Crippen LogP contribution in [0.2, 0.25) is 0 Å². The number of hydrogen-bond donors (Lipinski definition) is 1. The summed E-state index contributed by atoms with van der Waals surface area (Å²) in [6, 6.07) is 5.02. The van der Waals surface area contributed by atoms with Crippen molar-refractivity contribution in [2.24, 2.45) is 0 Å². The summed E-state index contributed by atoms with van der Waals surface area (Å²) in [5, 5.41) is 3.50. The van der Waals surface area contributed by atoms with Crippen LogP contribution >= 0.6 is 0 Å². The van der Waals surface area contributed by atoms with E-state index in [2.05, 4.69) is 15.3 Å². The zero-order chi connectivity index (χ0) is 13.7. The third kappa shape index (κ3) is 1.45. The molecule has 1 N–H and O–H groups in total. The first-order chi connectivity index (χ1) is 9.74. The number of aromatic nitrogens is 3. The van der Waals surface area contributed by atoms with Crippen molar-refractivity contribution in [3.8, 4) is 5.69 Å². The van der Waals surface area contributed by atoms with Crippen molar-refractivity contribution in [2.75, 3.05) is 0 Å². The standard InChI is InChI=1S/C14H9FN4O/c15-11-4-10(3-9-6-17-14(20)12(9)11)19-2-1-8-5-16-7-18-13(8)19/h1-5,7H,6H2,(H,17,20). The van der Waals surface area contributed by atoms with E-state index in [1.165, 1.54) is 12.4 Å². The number of hydrogen-bond acceptors (Lipinski definition) is 3. The van der Waals surface area contributed by atoms with Crippen molar-refractivity contribution < 1.29 is 9.18 Å². The minimum absolute atomic E-state index is 0.139. The van der Waals surface area contributed by atoms with E-state index in [1.807, 2.05) is 12.3 Å². The first-order valence-electron chi connectivity index (χ1n) is 6.12. The molecular weight excluding hydrogens is 259 g/mol. The lowest BCUT2D eigenvalue weighted by atomic mass is 10.1. The average Bonchev–Trinajstić information content (AvgIpc) is 3.03. The van der Waals surface area contributed by atoms with Gasteiger partial charge in [0.1, 0.15) is 17.8 Å². The van der Waals surface area contributed by atoms with Gasteiger partial charge >= 0.3 is 0 Å². The van der Waals surface area contributed by atoms with Gasteiger partial charge in [-0.3, -0.25) is 4.79 Å². The highest BCUT2D eigenvalue weighted by molar-refractivity contribution is 5.98. The van der Waals surface area contributed by atoms with Crippen LogP contribution in [0.3, 0.4) is 0 Å². The Hall–Kier alpha value is -2.76. The lowest BCUT2D eigenvalue weighted by Crippen LogP contribution is -2.13. The Kier molecular flexibility index (Phi) is 2.14. The lowest BCUT2D eigenvalue weighted by Gasteiger charge is -2.07. The van der Waals surface area contributed by atoms with Gasteiger partial charge in [0.25, 0.3) is 5.91 Å². The van der Waals surface area contributed by atoms with Crippen molar-refractivity contribution in [1.82, 2.24) is 19.9 Å². The maximum atomic E-state index is 14.1. The largest absolute Gasteiger partial charge is 0.348 e. The molecule has 0 unspecified atom stereocenters. The Morgan fingerprint density at radius 2 is 2.25 bits per heavy atom. The molecule has 3 aromatic rings. The average molecular weight is 268 g/mol. The summed E-state index contributed by atoms with van der Waals surface area (Å²) in [6.07, 6.45) is 4.96.